The lowest BCUT2D eigenvalue weighted by Crippen LogP contribution is -2.11. The van der Waals surface area contributed by atoms with Crippen LogP contribution in [0.1, 0.15) is 44.8 Å². The number of furan rings is 1. The molecule has 0 amide bonds. The Morgan fingerprint density at radius 3 is 2.79 bits per heavy atom. The summed E-state index contributed by atoms with van der Waals surface area (Å²) in [4.78, 5) is 4.70. The van der Waals surface area contributed by atoms with E-state index in [1.54, 1.807) is 6.26 Å². The van der Waals surface area contributed by atoms with Crippen molar-refractivity contribution in [2.24, 2.45) is 4.99 Å². The maximum Gasteiger partial charge on any atom is 0.147 e. The second-order valence-electron chi connectivity index (χ2n) is 3.98. The molecule has 0 atom stereocenters. The first-order valence-electron chi connectivity index (χ1n) is 5.44. The number of aliphatic imine (C=N–C) groups is 1. The summed E-state index contributed by atoms with van der Waals surface area (Å²) in [5.41, 5.74) is 1.04. The molecule has 0 aromatic carbocycles. The van der Waals surface area contributed by atoms with E-state index in [0.717, 1.165) is 11.5 Å². The minimum Gasteiger partial charge on any atom is -0.463 e. The van der Waals surface area contributed by atoms with Crippen molar-refractivity contribution in [1.82, 2.24) is 0 Å². The maximum absolute atomic E-state index is 5.31. The number of rotatable bonds is 2. The molecule has 1 aliphatic carbocycles. The van der Waals surface area contributed by atoms with E-state index in [2.05, 4.69) is 0 Å². The van der Waals surface area contributed by atoms with Crippen LogP contribution < -0.4 is 0 Å². The molecule has 1 heterocycles. The lowest BCUT2D eigenvalue weighted by Gasteiger charge is -2.17. The summed E-state index contributed by atoms with van der Waals surface area (Å²) in [5.74, 6) is 0.913. The Labute approximate surface area is 85.0 Å². The minimum atomic E-state index is 0.536. The molecule has 0 unspecified atom stereocenters. The smallest absolute Gasteiger partial charge is 0.147 e. The molecule has 0 spiro atoms. The van der Waals surface area contributed by atoms with Gasteiger partial charge in [-0.15, -0.1) is 0 Å². The minimum absolute atomic E-state index is 0.536. The van der Waals surface area contributed by atoms with Crippen LogP contribution in [0.4, 0.5) is 0 Å². The van der Waals surface area contributed by atoms with Gasteiger partial charge in [0.25, 0.3) is 0 Å². The molecule has 0 aliphatic heterocycles. The Balaban J connectivity index is 2.02. The highest BCUT2D eigenvalue weighted by Gasteiger charge is 2.12. The van der Waals surface area contributed by atoms with E-state index in [9.17, 15) is 0 Å². The monoisotopic (exact) mass is 191 g/mol. The van der Waals surface area contributed by atoms with Crippen molar-refractivity contribution in [2.45, 2.75) is 45.1 Å². The van der Waals surface area contributed by atoms with Crippen LogP contribution in [0.15, 0.2) is 27.8 Å². The zero-order valence-corrected chi connectivity index (χ0v) is 8.70. The Hall–Kier alpha value is -1.05. The Morgan fingerprint density at radius 2 is 2.14 bits per heavy atom. The molecule has 1 saturated carbocycles. The van der Waals surface area contributed by atoms with Gasteiger partial charge in [0.05, 0.1) is 18.0 Å². The molecule has 0 N–H and O–H groups in total. The summed E-state index contributed by atoms with van der Waals surface area (Å²) in [6.07, 6.45) is 8.25. The summed E-state index contributed by atoms with van der Waals surface area (Å²) in [6, 6.07) is 4.42. The standard InChI is InChI=1S/C12H17NO/c1-10(12-8-5-9-14-12)13-11-6-3-2-4-7-11/h5,8-9,11H,2-4,6-7H2,1H3. The van der Waals surface area contributed by atoms with Crippen LogP contribution in [0.3, 0.4) is 0 Å². The fourth-order valence-corrected chi connectivity index (χ4v) is 2.03. The second kappa shape index (κ2) is 4.45. The highest BCUT2D eigenvalue weighted by molar-refractivity contribution is 5.96. The summed E-state index contributed by atoms with van der Waals surface area (Å²) < 4.78 is 5.31. The quantitative estimate of drug-likeness (QED) is 0.657. The van der Waals surface area contributed by atoms with Gasteiger partial charge in [-0.2, -0.15) is 0 Å². The zero-order chi connectivity index (χ0) is 9.80. The topological polar surface area (TPSA) is 25.5 Å². The Kier molecular flexibility index (Phi) is 3.02. The summed E-state index contributed by atoms with van der Waals surface area (Å²) in [5, 5.41) is 0. The number of nitrogens with zero attached hydrogens (tertiary/aromatic N) is 1. The van der Waals surface area contributed by atoms with Crippen LogP contribution in [-0.2, 0) is 0 Å². The van der Waals surface area contributed by atoms with Gasteiger partial charge in [-0.05, 0) is 31.9 Å². The third-order valence-corrected chi connectivity index (χ3v) is 2.83. The molecule has 0 saturated heterocycles. The largest absolute Gasteiger partial charge is 0.463 e. The van der Waals surface area contributed by atoms with Crippen molar-refractivity contribution >= 4 is 5.71 Å². The van der Waals surface area contributed by atoms with Crippen molar-refractivity contribution in [1.29, 1.82) is 0 Å². The first-order chi connectivity index (χ1) is 6.86. The first kappa shape index (κ1) is 9.50. The van der Waals surface area contributed by atoms with Crippen LogP contribution in [0.25, 0.3) is 0 Å². The van der Waals surface area contributed by atoms with E-state index in [1.807, 2.05) is 19.1 Å². The van der Waals surface area contributed by atoms with Crippen LogP contribution >= 0.6 is 0 Å². The molecule has 1 aromatic heterocycles. The molecule has 14 heavy (non-hydrogen) atoms. The fraction of sp³-hybridized carbons (Fsp3) is 0.583. The van der Waals surface area contributed by atoms with E-state index in [0.29, 0.717) is 6.04 Å². The molecule has 76 valence electrons. The zero-order valence-electron chi connectivity index (χ0n) is 8.70. The van der Waals surface area contributed by atoms with E-state index < -0.39 is 0 Å². The fourth-order valence-electron chi connectivity index (χ4n) is 2.03. The molecule has 2 heteroatoms. The number of hydrogen-bond acceptors (Lipinski definition) is 2. The molecular weight excluding hydrogens is 174 g/mol. The third-order valence-electron chi connectivity index (χ3n) is 2.83. The van der Waals surface area contributed by atoms with Gasteiger partial charge < -0.3 is 4.42 Å². The van der Waals surface area contributed by atoms with Crippen molar-refractivity contribution in [3.05, 3.63) is 24.2 Å². The molecule has 1 aliphatic rings. The lowest BCUT2D eigenvalue weighted by molar-refractivity contribution is 0.442. The Bertz CT molecular complexity index is 294. The van der Waals surface area contributed by atoms with E-state index >= 15 is 0 Å². The maximum atomic E-state index is 5.31. The van der Waals surface area contributed by atoms with Crippen LogP contribution in [-0.4, -0.2) is 11.8 Å². The van der Waals surface area contributed by atoms with E-state index in [1.165, 1.54) is 32.1 Å². The molecular formula is C12H17NO. The molecule has 2 rings (SSSR count). The van der Waals surface area contributed by atoms with Crippen LogP contribution in [0.5, 0.6) is 0 Å². The normalized spacial score (nSPS) is 19.9. The van der Waals surface area contributed by atoms with Gasteiger partial charge in [-0.3, -0.25) is 4.99 Å². The predicted octanol–water partition coefficient (Wildman–Crippen LogP) is 3.42. The highest BCUT2D eigenvalue weighted by atomic mass is 16.3. The Morgan fingerprint density at radius 1 is 1.36 bits per heavy atom. The SMILES string of the molecule is CC(=NC1CCCCC1)c1ccco1. The molecule has 0 radical (unpaired) electrons. The van der Waals surface area contributed by atoms with Gasteiger partial charge in [0, 0.05) is 0 Å². The summed E-state index contributed by atoms with van der Waals surface area (Å²) in [7, 11) is 0. The van der Waals surface area contributed by atoms with E-state index in [4.69, 9.17) is 9.41 Å². The van der Waals surface area contributed by atoms with Crippen molar-refractivity contribution in [3.8, 4) is 0 Å². The van der Waals surface area contributed by atoms with Crippen molar-refractivity contribution in [2.75, 3.05) is 0 Å². The second-order valence-corrected chi connectivity index (χ2v) is 3.98. The van der Waals surface area contributed by atoms with Crippen LogP contribution in [0, 0.1) is 0 Å². The van der Waals surface area contributed by atoms with Crippen molar-refractivity contribution in [3.63, 3.8) is 0 Å². The molecule has 0 bridgehead atoms. The summed E-state index contributed by atoms with van der Waals surface area (Å²) >= 11 is 0. The van der Waals surface area contributed by atoms with Gasteiger partial charge in [-0.1, -0.05) is 19.3 Å². The van der Waals surface area contributed by atoms with Gasteiger partial charge in [0.2, 0.25) is 0 Å². The average Bonchev–Trinajstić information content (AvgIpc) is 2.72. The number of hydrogen-bond donors (Lipinski definition) is 0. The molecule has 1 aromatic rings. The van der Waals surface area contributed by atoms with E-state index in [-0.39, 0.29) is 0 Å². The predicted molar refractivity (Wildman–Crippen MR) is 57.8 cm³/mol. The molecule has 2 nitrogen and oxygen atoms in total. The first-order valence-corrected chi connectivity index (χ1v) is 5.44. The summed E-state index contributed by atoms with van der Waals surface area (Å²) in [6.45, 7) is 2.04. The third kappa shape index (κ3) is 2.25. The molecule has 1 fully saturated rings. The lowest BCUT2D eigenvalue weighted by atomic mass is 9.96. The van der Waals surface area contributed by atoms with Gasteiger partial charge in [0.15, 0.2) is 0 Å². The van der Waals surface area contributed by atoms with Gasteiger partial charge in [-0.25, -0.2) is 0 Å². The van der Waals surface area contributed by atoms with Gasteiger partial charge in [0.1, 0.15) is 5.76 Å². The highest BCUT2D eigenvalue weighted by Crippen LogP contribution is 2.21. The van der Waals surface area contributed by atoms with Gasteiger partial charge >= 0.3 is 0 Å². The van der Waals surface area contributed by atoms with Crippen molar-refractivity contribution < 1.29 is 4.42 Å². The average molecular weight is 191 g/mol. The van der Waals surface area contributed by atoms with Crippen LogP contribution in [0.2, 0.25) is 0 Å².